The average molecular weight is 350 g/mol. The SMILES string of the molecule is CN(Cc1nc2ccccc2s1)C(=O)Nc1cccc(Cl)c1F. The number of hydrogen-bond acceptors (Lipinski definition) is 3. The van der Waals surface area contributed by atoms with Crippen LogP contribution in [-0.2, 0) is 6.54 Å². The van der Waals surface area contributed by atoms with E-state index in [1.54, 1.807) is 13.1 Å². The zero-order chi connectivity index (χ0) is 16.4. The van der Waals surface area contributed by atoms with Crippen LogP contribution in [0.4, 0.5) is 14.9 Å². The van der Waals surface area contributed by atoms with Gasteiger partial charge in [-0.25, -0.2) is 14.2 Å². The van der Waals surface area contributed by atoms with Gasteiger partial charge in [-0.1, -0.05) is 29.8 Å². The Kier molecular flexibility index (Phi) is 4.45. The van der Waals surface area contributed by atoms with E-state index in [2.05, 4.69) is 10.3 Å². The lowest BCUT2D eigenvalue weighted by Crippen LogP contribution is -2.31. The Labute approximate surface area is 141 Å². The quantitative estimate of drug-likeness (QED) is 0.741. The van der Waals surface area contributed by atoms with Crippen molar-refractivity contribution in [1.82, 2.24) is 9.88 Å². The van der Waals surface area contributed by atoms with Gasteiger partial charge in [0.05, 0.1) is 27.5 Å². The van der Waals surface area contributed by atoms with E-state index in [1.165, 1.54) is 28.4 Å². The first-order valence-corrected chi connectivity index (χ1v) is 8.04. The lowest BCUT2D eigenvalue weighted by Gasteiger charge is -2.17. The minimum Gasteiger partial charge on any atom is -0.321 e. The first kappa shape index (κ1) is 15.7. The van der Waals surface area contributed by atoms with E-state index >= 15 is 0 Å². The number of fused-ring (bicyclic) bond motifs is 1. The fourth-order valence-corrected chi connectivity index (χ4v) is 3.27. The molecule has 0 bridgehead atoms. The van der Waals surface area contributed by atoms with Crippen LogP contribution in [0.5, 0.6) is 0 Å². The minimum atomic E-state index is -0.643. The largest absolute Gasteiger partial charge is 0.322 e. The van der Waals surface area contributed by atoms with Gasteiger partial charge in [0, 0.05) is 7.05 Å². The molecule has 1 N–H and O–H groups in total. The lowest BCUT2D eigenvalue weighted by atomic mass is 10.3. The Morgan fingerprint density at radius 3 is 2.87 bits per heavy atom. The molecule has 1 heterocycles. The number of aromatic nitrogens is 1. The fourth-order valence-electron chi connectivity index (χ4n) is 2.07. The van der Waals surface area contributed by atoms with Crippen molar-refractivity contribution in [2.24, 2.45) is 0 Å². The number of benzene rings is 2. The molecule has 3 rings (SSSR count). The van der Waals surface area contributed by atoms with Crippen LogP contribution in [-0.4, -0.2) is 23.0 Å². The summed E-state index contributed by atoms with van der Waals surface area (Å²) in [7, 11) is 1.63. The van der Waals surface area contributed by atoms with Crippen molar-refractivity contribution in [3.63, 3.8) is 0 Å². The summed E-state index contributed by atoms with van der Waals surface area (Å²) < 4.78 is 14.9. The third-order valence-corrected chi connectivity index (χ3v) is 4.56. The number of urea groups is 1. The van der Waals surface area contributed by atoms with Gasteiger partial charge in [0.2, 0.25) is 0 Å². The molecule has 0 aliphatic rings. The fraction of sp³-hybridized carbons (Fsp3) is 0.125. The molecule has 4 nitrogen and oxygen atoms in total. The average Bonchev–Trinajstić information content (AvgIpc) is 2.93. The highest BCUT2D eigenvalue weighted by atomic mass is 35.5. The molecule has 7 heteroatoms. The molecule has 1 aromatic heterocycles. The Bertz CT molecular complexity index is 834. The van der Waals surface area contributed by atoms with Crippen LogP contribution in [0.25, 0.3) is 10.2 Å². The lowest BCUT2D eigenvalue weighted by molar-refractivity contribution is 0.220. The summed E-state index contributed by atoms with van der Waals surface area (Å²) in [5, 5.41) is 3.29. The van der Waals surface area contributed by atoms with Gasteiger partial charge in [-0.05, 0) is 24.3 Å². The Balaban J connectivity index is 1.71. The molecule has 0 aliphatic heterocycles. The predicted octanol–water partition coefficient (Wildman–Crippen LogP) is 4.75. The second-order valence-electron chi connectivity index (χ2n) is 4.96. The molecule has 0 saturated heterocycles. The number of carbonyl (C=O) groups is 1. The van der Waals surface area contributed by atoms with Crippen LogP contribution >= 0.6 is 22.9 Å². The molecule has 2 amide bonds. The van der Waals surface area contributed by atoms with E-state index in [-0.39, 0.29) is 10.7 Å². The van der Waals surface area contributed by atoms with Crippen molar-refractivity contribution in [3.05, 3.63) is 58.3 Å². The summed E-state index contributed by atoms with van der Waals surface area (Å²) >= 11 is 7.23. The minimum absolute atomic E-state index is 0.0309. The summed E-state index contributed by atoms with van der Waals surface area (Å²) in [4.78, 5) is 18.1. The molecule has 23 heavy (non-hydrogen) atoms. The van der Waals surface area contributed by atoms with Crippen molar-refractivity contribution in [1.29, 1.82) is 0 Å². The number of carbonyl (C=O) groups excluding carboxylic acids is 1. The predicted molar refractivity (Wildman–Crippen MR) is 91.5 cm³/mol. The van der Waals surface area contributed by atoms with Crippen molar-refractivity contribution >= 4 is 44.9 Å². The number of rotatable bonds is 3. The maximum absolute atomic E-state index is 13.8. The van der Waals surface area contributed by atoms with Crippen LogP contribution in [0.2, 0.25) is 5.02 Å². The maximum atomic E-state index is 13.8. The molecular weight excluding hydrogens is 337 g/mol. The molecule has 0 unspecified atom stereocenters. The summed E-state index contributed by atoms with van der Waals surface area (Å²) in [6.07, 6.45) is 0. The van der Waals surface area contributed by atoms with E-state index in [1.807, 2.05) is 24.3 Å². The number of anilines is 1. The highest BCUT2D eigenvalue weighted by Crippen LogP contribution is 2.24. The molecule has 2 aromatic carbocycles. The van der Waals surface area contributed by atoms with Gasteiger partial charge >= 0.3 is 6.03 Å². The maximum Gasteiger partial charge on any atom is 0.322 e. The third kappa shape index (κ3) is 3.43. The molecule has 0 fully saturated rings. The van der Waals surface area contributed by atoms with Gasteiger partial charge in [0.15, 0.2) is 5.82 Å². The van der Waals surface area contributed by atoms with Gasteiger partial charge in [0.25, 0.3) is 0 Å². The van der Waals surface area contributed by atoms with E-state index in [0.717, 1.165) is 15.2 Å². The van der Waals surface area contributed by atoms with Crippen LogP contribution in [0, 0.1) is 5.82 Å². The molecular formula is C16H13ClFN3OS. The molecule has 0 saturated carbocycles. The number of nitrogens with zero attached hydrogens (tertiary/aromatic N) is 2. The number of amides is 2. The molecule has 0 radical (unpaired) electrons. The number of para-hydroxylation sites is 1. The van der Waals surface area contributed by atoms with Crippen LogP contribution in [0.1, 0.15) is 5.01 Å². The van der Waals surface area contributed by atoms with E-state index in [4.69, 9.17) is 11.6 Å². The van der Waals surface area contributed by atoms with E-state index < -0.39 is 11.8 Å². The number of thiazole rings is 1. The van der Waals surface area contributed by atoms with Crippen molar-refractivity contribution < 1.29 is 9.18 Å². The van der Waals surface area contributed by atoms with Gasteiger partial charge in [0.1, 0.15) is 5.01 Å². The van der Waals surface area contributed by atoms with Gasteiger partial charge < -0.3 is 10.2 Å². The van der Waals surface area contributed by atoms with Crippen LogP contribution in [0.3, 0.4) is 0 Å². The second-order valence-corrected chi connectivity index (χ2v) is 6.49. The topological polar surface area (TPSA) is 45.2 Å². The van der Waals surface area contributed by atoms with Crippen molar-refractivity contribution in [2.45, 2.75) is 6.54 Å². The first-order valence-electron chi connectivity index (χ1n) is 6.85. The van der Waals surface area contributed by atoms with Gasteiger partial charge in [-0.3, -0.25) is 0 Å². The zero-order valence-electron chi connectivity index (χ0n) is 12.2. The van der Waals surface area contributed by atoms with Crippen molar-refractivity contribution in [2.75, 3.05) is 12.4 Å². The first-order chi connectivity index (χ1) is 11.0. The molecule has 0 atom stereocenters. The number of halogens is 2. The Morgan fingerprint density at radius 1 is 1.30 bits per heavy atom. The normalized spacial score (nSPS) is 10.7. The standard InChI is InChI=1S/C16H13ClFN3OS/c1-21(9-14-19-11-6-2-3-8-13(11)23-14)16(22)20-12-7-4-5-10(17)15(12)18/h2-8H,9H2,1H3,(H,20,22). The molecule has 0 spiro atoms. The second kappa shape index (κ2) is 6.52. The Morgan fingerprint density at radius 2 is 2.09 bits per heavy atom. The zero-order valence-corrected chi connectivity index (χ0v) is 13.8. The molecule has 118 valence electrons. The number of hydrogen-bond donors (Lipinski definition) is 1. The summed E-state index contributed by atoms with van der Waals surface area (Å²) in [5.74, 6) is -0.643. The van der Waals surface area contributed by atoms with Gasteiger partial charge in [-0.2, -0.15) is 0 Å². The highest BCUT2D eigenvalue weighted by Gasteiger charge is 2.15. The Hall–Kier alpha value is -2.18. The van der Waals surface area contributed by atoms with Crippen LogP contribution < -0.4 is 5.32 Å². The van der Waals surface area contributed by atoms with E-state index in [9.17, 15) is 9.18 Å². The highest BCUT2D eigenvalue weighted by molar-refractivity contribution is 7.18. The van der Waals surface area contributed by atoms with Crippen molar-refractivity contribution in [3.8, 4) is 0 Å². The summed E-state index contributed by atoms with van der Waals surface area (Å²) in [5.41, 5.74) is 0.959. The monoisotopic (exact) mass is 349 g/mol. The summed E-state index contributed by atoms with van der Waals surface area (Å²) in [6.45, 7) is 0.341. The number of nitrogens with one attached hydrogen (secondary N) is 1. The third-order valence-electron chi connectivity index (χ3n) is 3.25. The van der Waals surface area contributed by atoms with E-state index in [0.29, 0.717) is 6.54 Å². The van der Waals surface area contributed by atoms with Gasteiger partial charge in [-0.15, -0.1) is 11.3 Å². The molecule has 3 aromatic rings. The summed E-state index contributed by atoms with van der Waals surface area (Å²) in [6, 6.07) is 11.8. The molecule has 0 aliphatic carbocycles. The smallest absolute Gasteiger partial charge is 0.321 e. The van der Waals surface area contributed by atoms with Crippen LogP contribution in [0.15, 0.2) is 42.5 Å².